The predicted molar refractivity (Wildman–Crippen MR) is 122 cm³/mol. The van der Waals surface area contributed by atoms with E-state index in [4.69, 9.17) is 9.47 Å². The highest BCUT2D eigenvalue weighted by atomic mass is 16.5. The first-order valence-corrected chi connectivity index (χ1v) is 11.7. The molecule has 0 atom stereocenters. The van der Waals surface area contributed by atoms with Crippen LogP contribution in [0.25, 0.3) is 0 Å². The lowest BCUT2D eigenvalue weighted by atomic mass is 10.1. The molecule has 2 nitrogen and oxygen atoms in total. The van der Waals surface area contributed by atoms with E-state index in [-0.39, 0.29) is 0 Å². The third kappa shape index (κ3) is 14.7. The summed E-state index contributed by atoms with van der Waals surface area (Å²) in [7, 11) is 1.69. The lowest BCUT2D eigenvalue weighted by Crippen LogP contribution is -1.96. The first-order valence-electron chi connectivity index (χ1n) is 11.7. The molecular formula is C26H44O2. The SMILES string of the molecule is CCCCCCCC/C=C\CCCCCCCCOCc1ccc(OC)cc1. The highest BCUT2D eigenvalue weighted by Gasteiger charge is 1.96. The van der Waals surface area contributed by atoms with Gasteiger partial charge in [-0.15, -0.1) is 0 Å². The van der Waals surface area contributed by atoms with Gasteiger partial charge < -0.3 is 9.47 Å². The lowest BCUT2D eigenvalue weighted by Gasteiger charge is -2.06. The van der Waals surface area contributed by atoms with Crippen molar-refractivity contribution in [3.05, 3.63) is 42.0 Å². The topological polar surface area (TPSA) is 18.5 Å². The van der Waals surface area contributed by atoms with Crippen molar-refractivity contribution in [2.24, 2.45) is 0 Å². The van der Waals surface area contributed by atoms with E-state index < -0.39 is 0 Å². The summed E-state index contributed by atoms with van der Waals surface area (Å²) in [5, 5.41) is 0. The van der Waals surface area contributed by atoms with Crippen LogP contribution in [0, 0.1) is 0 Å². The molecule has 0 amide bonds. The molecule has 1 aromatic carbocycles. The summed E-state index contributed by atoms with van der Waals surface area (Å²) >= 11 is 0. The standard InChI is InChI=1S/C26H44O2/c1-3-4-5-6-7-8-9-10-11-12-13-14-15-16-17-18-23-28-24-25-19-21-26(27-2)22-20-25/h10-11,19-22H,3-9,12-18,23-24H2,1-2H3/b11-10-. The van der Waals surface area contributed by atoms with Crippen LogP contribution in [-0.2, 0) is 11.3 Å². The van der Waals surface area contributed by atoms with Crippen LogP contribution in [0.5, 0.6) is 5.75 Å². The van der Waals surface area contributed by atoms with Crippen LogP contribution in [0.4, 0.5) is 0 Å². The fourth-order valence-electron chi connectivity index (χ4n) is 3.36. The summed E-state index contributed by atoms with van der Waals surface area (Å²) in [5.41, 5.74) is 1.21. The largest absolute Gasteiger partial charge is 0.497 e. The summed E-state index contributed by atoms with van der Waals surface area (Å²) in [6, 6.07) is 8.12. The number of ether oxygens (including phenoxy) is 2. The third-order valence-electron chi connectivity index (χ3n) is 5.23. The van der Waals surface area contributed by atoms with E-state index in [1.165, 1.54) is 95.5 Å². The molecule has 0 bridgehead atoms. The van der Waals surface area contributed by atoms with Crippen LogP contribution < -0.4 is 4.74 Å². The highest BCUT2D eigenvalue weighted by Crippen LogP contribution is 2.13. The molecule has 160 valence electrons. The van der Waals surface area contributed by atoms with Gasteiger partial charge in [-0.2, -0.15) is 0 Å². The highest BCUT2D eigenvalue weighted by molar-refractivity contribution is 5.26. The summed E-state index contributed by atoms with van der Waals surface area (Å²) in [6.07, 6.45) is 23.6. The van der Waals surface area contributed by atoms with Crippen molar-refractivity contribution in [3.63, 3.8) is 0 Å². The number of allylic oxidation sites excluding steroid dienone is 2. The lowest BCUT2D eigenvalue weighted by molar-refractivity contribution is 0.116. The zero-order chi connectivity index (χ0) is 20.1. The molecule has 1 rings (SSSR count). The average molecular weight is 389 g/mol. The summed E-state index contributed by atoms with van der Waals surface area (Å²) in [6.45, 7) is 3.85. The fraction of sp³-hybridized carbons (Fsp3) is 0.692. The van der Waals surface area contributed by atoms with Gasteiger partial charge in [0.25, 0.3) is 0 Å². The van der Waals surface area contributed by atoms with Gasteiger partial charge in [0.15, 0.2) is 0 Å². The van der Waals surface area contributed by atoms with Crippen LogP contribution in [0.3, 0.4) is 0 Å². The van der Waals surface area contributed by atoms with Crippen LogP contribution in [-0.4, -0.2) is 13.7 Å². The van der Waals surface area contributed by atoms with E-state index in [9.17, 15) is 0 Å². The van der Waals surface area contributed by atoms with Gasteiger partial charge in [-0.05, 0) is 49.8 Å². The number of hydrogen-bond acceptors (Lipinski definition) is 2. The zero-order valence-electron chi connectivity index (χ0n) is 18.6. The van der Waals surface area contributed by atoms with Gasteiger partial charge in [-0.1, -0.05) is 89.0 Å². The van der Waals surface area contributed by atoms with E-state index in [0.717, 1.165) is 12.4 Å². The van der Waals surface area contributed by atoms with Crippen LogP contribution >= 0.6 is 0 Å². The van der Waals surface area contributed by atoms with Crippen molar-refractivity contribution in [3.8, 4) is 5.75 Å². The molecule has 0 spiro atoms. The van der Waals surface area contributed by atoms with Gasteiger partial charge in [-0.3, -0.25) is 0 Å². The van der Waals surface area contributed by atoms with Crippen LogP contribution in [0.1, 0.15) is 102 Å². The number of benzene rings is 1. The summed E-state index contributed by atoms with van der Waals surface area (Å²) in [5.74, 6) is 0.900. The van der Waals surface area contributed by atoms with Crippen molar-refractivity contribution in [1.82, 2.24) is 0 Å². The van der Waals surface area contributed by atoms with Crippen molar-refractivity contribution >= 4 is 0 Å². The molecule has 28 heavy (non-hydrogen) atoms. The molecule has 0 heterocycles. The second-order valence-corrected chi connectivity index (χ2v) is 7.84. The summed E-state index contributed by atoms with van der Waals surface area (Å²) in [4.78, 5) is 0. The first kappa shape index (κ1) is 24.8. The van der Waals surface area contributed by atoms with E-state index >= 15 is 0 Å². The minimum Gasteiger partial charge on any atom is -0.497 e. The number of unbranched alkanes of at least 4 members (excludes halogenated alkanes) is 12. The van der Waals surface area contributed by atoms with E-state index in [1.807, 2.05) is 12.1 Å². The van der Waals surface area contributed by atoms with Gasteiger partial charge in [-0.25, -0.2) is 0 Å². The van der Waals surface area contributed by atoms with Crippen molar-refractivity contribution < 1.29 is 9.47 Å². The Balaban J connectivity index is 1.78. The Kier molecular flexibility index (Phi) is 16.8. The second kappa shape index (κ2) is 19.1. The third-order valence-corrected chi connectivity index (χ3v) is 5.23. The molecule has 0 N–H and O–H groups in total. The minimum absolute atomic E-state index is 0.703. The Bertz CT molecular complexity index is 464. The van der Waals surface area contributed by atoms with Crippen molar-refractivity contribution in [2.45, 2.75) is 103 Å². The Labute approximate surface area is 174 Å². The van der Waals surface area contributed by atoms with Gasteiger partial charge in [0.2, 0.25) is 0 Å². The molecule has 0 aliphatic carbocycles. The molecule has 0 unspecified atom stereocenters. The average Bonchev–Trinajstić information content (AvgIpc) is 2.73. The molecule has 0 fully saturated rings. The first-order chi connectivity index (χ1) is 13.9. The summed E-state index contributed by atoms with van der Waals surface area (Å²) < 4.78 is 10.9. The monoisotopic (exact) mass is 388 g/mol. The van der Waals surface area contributed by atoms with Gasteiger partial charge in [0.1, 0.15) is 5.75 Å². The van der Waals surface area contributed by atoms with Crippen molar-refractivity contribution in [2.75, 3.05) is 13.7 Å². The molecule has 1 aromatic rings. The van der Waals surface area contributed by atoms with Gasteiger partial charge in [0, 0.05) is 6.61 Å². The molecule has 2 heteroatoms. The van der Waals surface area contributed by atoms with E-state index in [2.05, 4.69) is 31.2 Å². The Morgan fingerprint density at radius 2 is 1.21 bits per heavy atom. The Morgan fingerprint density at radius 3 is 1.79 bits per heavy atom. The molecule has 0 radical (unpaired) electrons. The minimum atomic E-state index is 0.703. The second-order valence-electron chi connectivity index (χ2n) is 7.84. The molecule has 0 aliphatic rings. The zero-order valence-corrected chi connectivity index (χ0v) is 18.6. The number of rotatable bonds is 19. The molecule has 0 saturated carbocycles. The number of hydrogen-bond donors (Lipinski definition) is 0. The molecule has 0 aliphatic heterocycles. The Hall–Kier alpha value is -1.28. The van der Waals surface area contributed by atoms with E-state index in [0.29, 0.717) is 6.61 Å². The van der Waals surface area contributed by atoms with E-state index in [1.54, 1.807) is 7.11 Å². The van der Waals surface area contributed by atoms with Gasteiger partial charge >= 0.3 is 0 Å². The quantitative estimate of drug-likeness (QED) is 0.175. The smallest absolute Gasteiger partial charge is 0.118 e. The number of methoxy groups -OCH3 is 1. The maximum atomic E-state index is 5.76. The van der Waals surface area contributed by atoms with Crippen molar-refractivity contribution in [1.29, 1.82) is 0 Å². The molecule has 0 saturated heterocycles. The normalized spacial score (nSPS) is 11.4. The fourth-order valence-corrected chi connectivity index (χ4v) is 3.36. The maximum absolute atomic E-state index is 5.76. The molecule has 0 aromatic heterocycles. The predicted octanol–water partition coefficient (Wildman–Crippen LogP) is 8.25. The van der Waals surface area contributed by atoms with Crippen LogP contribution in [0.15, 0.2) is 36.4 Å². The maximum Gasteiger partial charge on any atom is 0.118 e. The molecular weight excluding hydrogens is 344 g/mol. The van der Waals surface area contributed by atoms with Gasteiger partial charge in [0.05, 0.1) is 13.7 Å². The Morgan fingerprint density at radius 1 is 0.679 bits per heavy atom. The van der Waals surface area contributed by atoms with Crippen LogP contribution in [0.2, 0.25) is 0 Å².